The Morgan fingerprint density at radius 3 is 2.57 bits per heavy atom. The molecule has 130 valence electrons. The largest absolute Gasteiger partial charge is 0.279 e. The number of rotatable bonds is 8. The molecule has 7 heteroatoms. The van der Waals surface area contributed by atoms with Gasteiger partial charge in [0.15, 0.2) is 0 Å². The third-order valence-electron chi connectivity index (χ3n) is 4.01. The molecule has 0 aliphatic carbocycles. The van der Waals surface area contributed by atoms with E-state index in [0.717, 1.165) is 35.8 Å². The van der Waals surface area contributed by atoms with Crippen LogP contribution in [0, 0.1) is 5.92 Å². The maximum Gasteiger partial charge on any atom is 0.279 e. The molecule has 0 spiro atoms. The van der Waals surface area contributed by atoms with Crippen LogP contribution in [0.1, 0.15) is 31.7 Å². The highest BCUT2D eigenvalue weighted by Gasteiger charge is 2.25. The van der Waals surface area contributed by atoms with Crippen LogP contribution in [-0.4, -0.2) is 38.1 Å². The molecule has 0 bridgehead atoms. The lowest BCUT2D eigenvalue weighted by molar-refractivity contribution is 0.285. The molecule has 0 amide bonds. The molecule has 0 aromatic heterocycles. The molecular weight excluding hydrogens is 352 g/mol. The van der Waals surface area contributed by atoms with Crippen molar-refractivity contribution in [3.63, 3.8) is 0 Å². The lowest BCUT2D eigenvalue weighted by atomic mass is 10.0. The third kappa shape index (κ3) is 6.63. The van der Waals surface area contributed by atoms with Crippen LogP contribution in [-0.2, 0) is 16.0 Å². The van der Waals surface area contributed by atoms with Gasteiger partial charge in [0.2, 0.25) is 0 Å². The summed E-state index contributed by atoms with van der Waals surface area (Å²) in [5, 5.41) is 0.750. The molecule has 1 fully saturated rings. The third-order valence-corrected chi connectivity index (χ3v) is 7.00. The molecule has 0 saturated carbocycles. The maximum absolute atomic E-state index is 12.2. The van der Waals surface area contributed by atoms with E-state index in [2.05, 4.69) is 11.6 Å². The minimum absolute atomic E-state index is 0.502. The van der Waals surface area contributed by atoms with Gasteiger partial charge in [0.1, 0.15) is 0 Å². The highest BCUT2D eigenvalue weighted by atomic mass is 35.5. The number of hydrogen-bond donors (Lipinski definition) is 1. The van der Waals surface area contributed by atoms with E-state index in [4.69, 9.17) is 11.6 Å². The van der Waals surface area contributed by atoms with Gasteiger partial charge in [-0.3, -0.25) is 0 Å². The first-order valence-corrected chi connectivity index (χ1v) is 11.0. The molecule has 1 aromatic rings. The summed E-state index contributed by atoms with van der Waals surface area (Å²) in [7, 11) is -3.29. The Kier molecular flexibility index (Phi) is 7.69. The van der Waals surface area contributed by atoms with E-state index in [-0.39, 0.29) is 0 Å². The zero-order chi connectivity index (χ0) is 16.7. The van der Waals surface area contributed by atoms with Gasteiger partial charge in [-0.2, -0.15) is 24.5 Å². The zero-order valence-electron chi connectivity index (χ0n) is 13.5. The molecule has 1 aliphatic rings. The predicted octanol–water partition coefficient (Wildman–Crippen LogP) is 3.53. The smallest absolute Gasteiger partial charge is 0.202 e. The fourth-order valence-electron chi connectivity index (χ4n) is 2.46. The van der Waals surface area contributed by atoms with Crippen molar-refractivity contribution in [1.82, 2.24) is 9.03 Å². The molecule has 2 rings (SSSR count). The SMILES string of the molecule is CC1CCN(S(=O)(=O)NCCCSCc2ccc(Cl)cc2)CC1. The van der Waals surface area contributed by atoms with Gasteiger partial charge in [0, 0.05) is 30.4 Å². The number of thioether (sulfide) groups is 1. The lowest BCUT2D eigenvalue weighted by Gasteiger charge is -2.29. The van der Waals surface area contributed by atoms with Gasteiger partial charge in [-0.15, -0.1) is 0 Å². The van der Waals surface area contributed by atoms with E-state index >= 15 is 0 Å². The number of benzene rings is 1. The van der Waals surface area contributed by atoms with E-state index in [1.165, 1.54) is 5.56 Å². The Balaban J connectivity index is 1.60. The second-order valence-electron chi connectivity index (χ2n) is 6.01. The van der Waals surface area contributed by atoms with Gasteiger partial charge in [-0.05, 0) is 48.6 Å². The standard InChI is InChI=1S/C16H25ClN2O2S2/c1-14-7-10-19(11-8-14)23(20,21)18-9-2-12-22-13-15-3-5-16(17)6-4-15/h3-6,14,18H,2,7-13H2,1H3. The van der Waals surface area contributed by atoms with Gasteiger partial charge in [-0.1, -0.05) is 30.7 Å². The predicted molar refractivity (Wildman–Crippen MR) is 99.1 cm³/mol. The van der Waals surface area contributed by atoms with Crippen molar-refractivity contribution >= 4 is 33.6 Å². The van der Waals surface area contributed by atoms with E-state index in [9.17, 15) is 8.42 Å². The van der Waals surface area contributed by atoms with Crippen molar-refractivity contribution < 1.29 is 8.42 Å². The summed E-state index contributed by atoms with van der Waals surface area (Å²) in [6, 6.07) is 7.83. The molecule has 0 radical (unpaired) electrons. The average Bonchev–Trinajstić information content (AvgIpc) is 2.53. The summed E-state index contributed by atoms with van der Waals surface area (Å²) < 4.78 is 28.6. The molecule has 1 N–H and O–H groups in total. The topological polar surface area (TPSA) is 49.4 Å². The fourth-order valence-corrected chi connectivity index (χ4v) is 4.79. The Bertz CT molecular complexity index is 570. The Labute approximate surface area is 149 Å². The van der Waals surface area contributed by atoms with Crippen molar-refractivity contribution in [1.29, 1.82) is 0 Å². The van der Waals surface area contributed by atoms with Crippen molar-refractivity contribution in [2.75, 3.05) is 25.4 Å². The summed E-state index contributed by atoms with van der Waals surface area (Å²) in [4.78, 5) is 0. The molecule has 0 unspecified atom stereocenters. The van der Waals surface area contributed by atoms with Crippen molar-refractivity contribution in [3.05, 3.63) is 34.9 Å². The van der Waals surface area contributed by atoms with Crippen LogP contribution in [0.15, 0.2) is 24.3 Å². The summed E-state index contributed by atoms with van der Waals surface area (Å²) in [6.45, 7) is 3.96. The number of hydrogen-bond acceptors (Lipinski definition) is 3. The van der Waals surface area contributed by atoms with E-state index in [0.29, 0.717) is 25.6 Å². The summed E-state index contributed by atoms with van der Waals surface area (Å²) in [5.74, 6) is 2.49. The molecule has 0 atom stereocenters. The molecule has 1 aromatic carbocycles. The molecule has 23 heavy (non-hydrogen) atoms. The lowest BCUT2D eigenvalue weighted by Crippen LogP contribution is -2.45. The van der Waals surface area contributed by atoms with Crippen LogP contribution in [0.5, 0.6) is 0 Å². The number of nitrogens with one attached hydrogen (secondary N) is 1. The normalized spacial score (nSPS) is 17.5. The summed E-state index contributed by atoms with van der Waals surface area (Å²) in [5.41, 5.74) is 1.24. The van der Waals surface area contributed by atoms with Gasteiger partial charge in [0.05, 0.1) is 0 Å². The van der Waals surface area contributed by atoms with Crippen molar-refractivity contribution in [2.24, 2.45) is 5.92 Å². The molecule has 1 aliphatic heterocycles. The average molecular weight is 377 g/mol. The Hall–Kier alpha value is -0.270. The van der Waals surface area contributed by atoms with Gasteiger partial charge in [0.25, 0.3) is 10.2 Å². The number of halogens is 1. The first kappa shape index (κ1) is 19.1. The van der Waals surface area contributed by atoms with Crippen LogP contribution in [0.25, 0.3) is 0 Å². The van der Waals surface area contributed by atoms with Crippen LogP contribution < -0.4 is 4.72 Å². The van der Waals surface area contributed by atoms with Crippen LogP contribution in [0.4, 0.5) is 0 Å². The van der Waals surface area contributed by atoms with E-state index < -0.39 is 10.2 Å². The fraction of sp³-hybridized carbons (Fsp3) is 0.625. The van der Waals surface area contributed by atoms with Crippen LogP contribution >= 0.6 is 23.4 Å². The Morgan fingerprint density at radius 2 is 1.91 bits per heavy atom. The molecular formula is C16H25ClN2O2S2. The van der Waals surface area contributed by atoms with Crippen molar-refractivity contribution in [3.8, 4) is 0 Å². The van der Waals surface area contributed by atoms with Crippen LogP contribution in [0.2, 0.25) is 5.02 Å². The Morgan fingerprint density at radius 1 is 1.26 bits per heavy atom. The maximum atomic E-state index is 12.2. The number of nitrogens with zero attached hydrogens (tertiary/aromatic N) is 1. The zero-order valence-corrected chi connectivity index (χ0v) is 15.9. The van der Waals surface area contributed by atoms with Gasteiger partial charge < -0.3 is 0 Å². The quantitative estimate of drug-likeness (QED) is 0.706. The van der Waals surface area contributed by atoms with Gasteiger partial charge in [-0.25, -0.2) is 4.72 Å². The minimum atomic E-state index is -3.29. The second-order valence-corrected chi connectivity index (χ2v) is 9.31. The van der Waals surface area contributed by atoms with E-state index in [1.54, 1.807) is 4.31 Å². The molecule has 1 saturated heterocycles. The summed E-state index contributed by atoms with van der Waals surface area (Å²) in [6.07, 6.45) is 2.75. The monoisotopic (exact) mass is 376 g/mol. The highest BCUT2D eigenvalue weighted by molar-refractivity contribution is 7.98. The highest BCUT2D eigenvalue weighted by Crippen LogP contribution is 2.18. The first-order valence-electron chi connectivity index (χ1n) is 8.04. The van der Waals surface area contributed by atoms with Crippen LogP contribution in [0.3, 0.4) is 0 Å². The molecule has 1 heterocycles. The summed E-state index contributed by atoms with van der Waals surface area (Å²) >= 11 is 7.66. The minimum Gasteiger partial charge on any atom is -0.202 e. The number of piperidine rings is 1. The van der Waals surface area contributed by atoms with Gasteiger partial charge >= 0.3 is 0 Å². The van der Waals surface area contributed by atoms with E-state index in [1.807, 2.05) is 36.0 Å². The molecule has 4 nitrogen and oxygen atoms in total. The second kappa shape index (κ2) is 9.28. The van der Waals surface area contributed by atoms with Crippen molar-refractivity contribution in [2.45, 2.75) is 31.9 Å². The first-order chi connectivity index (χ1) is 11.0.